The third-order valence-electron chi connectivity index (χ3n) is 4.01. The number of carboxylic acids is 1. The number of thiol groups is 1. The molecule has 0 bridgehead atoms. The maximum Gasteiger partial charge on any atom is 0.326 e. The van der Waals surface area contributed by atoms with E-state index in [9.17, 15) is 19.5 Å². The van der Waals surface area contributed by atoms with Gasteiger partial charge in [0, 0.05) is 18.7 Å². The van der Waals surface area contributed by atoms with Gasteiger partial charge in [0.15, 0.2) is 5.96 Å². The van der Waals surface area contributed by atoms with E-state index >= 15 is 0 Å². The van der Waals surface area contributed by atoms with Crippen LogP contribution in [0.5, 0.6) is 0 Å². The lowest BCUT2D eigenvalue weighted by molar-refractivity contribution is -0.142. The van der Waals surface area contributed by atoms with Gasteiger partial charge < -0.3 is 32.9 Å². The zero-order valence-corrected chi connectivity index (χ0v) is 16.8. The Hall–Kier alpha value is -2.79. The van der Waals surface area contributed by atoms with Crippen LogP contribution in [0.25, 0.3) is 0 Å². The molecule has 10 nitrogen and oxygen atoms in total. The van der Waals surface area contributed by atoms with E-state index in [2.05, 4.69) is 28.3 Å². The second-order valence-electron chi connectivity index (χ2n) is 6.39. The molecule has 3 atom stereocenters. The molecule has 0 aliphatic rings. The van der Waals surface area contributed by atoms with Gasteiger partial charge in [-0.1, -0.05) is 30.3 Å². The van der Waals surface area contributed by atoms with Gasteiger partial charge in [-0.05, 0) is 18.4 Å². The number of guanidine groups is 1. The predicted molar refractivity (Wildman–Crippen MR) is 113 cm³/mol. The second kappa shape index (κ2) is 12.6. The summed E-state index contributed by atoms with van der Waals surface area (Å²) in [6, 6.07) is 5.87. The Bertz CT molecular complexity index is 712. The molecule has 0 heterocycles. The SMILES string of the molecule is NC(N)=NCCCC(NC(=O)C(N)CS)C(=O)NC(Cc1ccccc1)C(=O)O. The van der Waals surface area contributed by atoms with Gasteiger partial charge in [0.25, 0.3) is 0 Å². The molecule has 1 aromatic rings. The second-order valence-corrected chi connectivity index (χ2v) is 6.75. The number of nitrogens with one attached hydrogen (secondary N) is 2. The standard InChI is InChI=1S/C18H28N6O4S/c19-12(10-29)15(25)23-13(7-4-8-22-18(20)21)16(26)24-14(17(27)28)9-11-5-2-1-3-6-11/h1-3,5-6,12-14,29H,4,7-10,19H2,(H,23,25)(H,24,26)(H,27,28)(H4,20,21,22). The van der Waals surface area contributed by atoms with E-state index in [0.29, 0.717) is 6.42 Å². The van der Waals surface area contributed by atoms with Crippen LogP contribution in [-0.2, 0) is 20.8 Å². The van der Waals surface area contributed by atoms with Crippen molar-refractivity contribution in [3.63, 3.8) is 0 Å². The zero-order chi connectivity index (χ0) is 21.8. The van der Waals surface area contributed by atoms with Crippen LogP contribution in [0.1, 0.15) is 18.4 Å². The number of nitrogens with zero attached hydrogens (tertiary/aromatic N) is 1. The van der Waals surface area contributed by atoms with Crippen LogP contribution in [0.15, 0.2) is 35.3 Å². The molecule has 0 radical (unpaired) electrons. The normalized spacial score (nSPS) is 13.6. The van der Waals surface area contributed by atoms with Gasteiger partial charge in [0.2, 0.25) is 11.8 Å². The molecule has 1 rings (SSSR count). The monoisotopic (exact) mass is 424 g/mol. The number of nitrogens with two attached hydrogens (primary N) is 3. The van der Waals surface area contributed by atoms with E-state index in [1.807, 2.05) is 6.07 Å². The van der Waals surface area contributed by atoms with E-state index in [-0.39, 0.29) is 31.1 Å². The molecular formula is C18H28N6O4S. The van der Waals surface area contributed by atoms with E-state index in [1.54, 1.807) is 24.3 Å². The quantitative estimate of drug-likeness (QED) is 0.0929. The maximum absolute atomic E-state index is 12.7. The van der Waals surface area contributed by atoms with Gasteiger partial charge >= 0.3 is 5.97 Å². The first-order valence-electron chi connectivity index (χ1n) is 9.04. The summed E-state index contributed by atoms with van der Waals surface area (Å²) >= 11 is 3.97. The number of aliphatic carboxylic acids is 1. The van der Waals surface area contributed by atoms with Crippen molar-refractivity contribution >= 4 is 36.4 Å². The smallest absolute Gasteiger partial charge is 0.326 e. The Morgan fingerprint density at radius 3 is 2.24 bits per heavy atom. The molecule has 160 valence electrons. The molecule has 0 saturated carbocycles. The van der Waals surface area contributed by atoms with Gasteiger partial charge in [-0.25, -0.2) is 4.79 Å². The minimum absolute atomic E-state index is 0.0825. The topological polar surface area (TPSA) is 186 Å². The van der Waals surface area contributed by atoms with Crippen molar-refractivity contribution in [2.45, 2.75) is 37.4 Å². The summed E-state index contributed by atoms with van der Waals surface area (Å²) in [5.41, 5.74) is 16.9. The van der Waals surface area contributed by atoms with Crippen molar-refractivity contribution in [1.82, 2.24) is 10.6 Å². The van der Waals surface area contributed by atoms with Crippen LogP contribution in [-0.4, -0.2) is 59.3 Å². The highest BCUT2D eigenvalue weighted by molar-refractivity contribution is 7.80. The number of hydrogen-bond donors (Lipinski definition) is 7. The van der Waals surface area contributed by atoms with Crippen LogP contribution < -0.4 is 27.8 Å². The average Bonchev–Trinajstić information content (AvgIpc) is 2.69. The Morgan fingerprint density at radius 1 is 1.07 bits per heavy atom. The molecule has 0 saturated heterocycles. The lowest BCUT2D eigenvalue weighted by Crippen LogP contribution is -2.55. The third kappa shape index (κ3) is 9.30. The molecule has 9 N–H and O–H groups in total. The molecule has 0 aromatic heterocycles. The van der Waals surface area contributed by atoms with E-state index < -0.39 is 35.9 Å². The van der Waals surface area contributed by atoms with Crippen LogP contribution in [0, 0.1) is 0 Å². The number of benzene rings is 1. The summed E-state index contributed by atoms with van der Waals surface area (Å²) in [5, 5.41) is 14.5. The summed E-state index contributed by atoms with van der Waals surface area (Å²) in [7, 11) is 0. The zero-order valence-electron chi connectivity index (χ0n) is 16.0. The number of aliphatic imine (C=N–C) groups is 1. The third-order valence-corrected chi connectivity index (χ3v) is 4.40. The molecule has 29 heavy (non-hydrogen) atoms. The fourth-order valence-corrected chi connectivity index (χ4v) is 2.62. The van der Waals surface area contributed by atoms with E-state index in [1.165, 1.54) is 0 Å². The number of amides is 2. The molecule has 0 fully saturated rings. The average molecular weight is 425 g/mol. The maximum atomic E-state index is 12.7. The fraction of sp³-hybridized carbons (Fsp3) is 0.444. The number of hydrogen-bond acceptors (Lipinski definition) is 6. The highest BCUT2D eigenvalue weighted by Crippen LogP contribution is 2.06. The summed E-state index contributed by atoms with van der Waals surface area (Å²) in [4.78, 5) is 40.2. The minimum Gasteiger partial charge on any atom is -0.480 e. The predicted octanol–water partition coefficient (Wildman–Crippen LogP) is -1.41. The number of rotatable bonds is 12. The van der Waals surface area contributed by atoms with Crippen LogP contribution >= 0.6 is 12.6 Å². The molecule has 11 heteroatoms. The lowest BCUT2D eigenvalue weighted by atomic mass is 10.0. The first kappa shape index (κ1) is 24.2. The van der Waals surface area contributed by atoms with Gasteiger partial charge in [0.05, 0.1) is 6.04 Å². The Balaban J connectivity index is 2.83. The first-order chi connectivity index (χ1) is 13.7. The Morgan fingerprint density at radius 2 is 1.69 bits per heavy atom. The number of carboxylic acid groups (broad SMARTS) is 1. The van der Waals surface area contributed by atoms with Gasteiger partial charge in [-0.3, -0.25) is 14.6 Å². The Labute approximate surface area is 174 Å². The summed E-state index contributed by atoms with van der Waals surface area (Å²) in [5.74, 6) is -2.35. The minimum atomic E-state index is -1.18. The lowest BCUT2D eigenvalue weighted by Gasteiger charge is -2.22. The van der Waals surface area contributed by atoms with Gasteiger partial charge in [-0.2, -0.15) is 12.6 Å². The van der Waals surface area contributed by atoms with Crippen LogP contribution in [0.2, 0.25) is 0 Å². The molecule has 0 aliphatic heterocycles. The molecule has 1 aromatic carbocycles. The number of carbonyl (C=O) groups is 3. The molecule has 3 unspecified atom stereocenters. The van der Waals surface area contributed by atoms with E-state index in [4.69, 9.17) is 17.2 Å². The molecule has 0 spiro atoms. The summed E-state index contributed by atoms with van der Waals surface area (Å²) in [6.45, 7) is 0.257. The summed E-state index contributed by atoms with van der Waals surface area (Å²) in [6.07, 6.45) is 0.695. The van der Waals surface area contributed by atoms with Crippen LogP contribution in [0.3, 0.4) is 0 Å². The van der Waals surface area contributed by atoms with Crippen molar-refractivity contribution in [2.24, 2.45) is 22.2 Å². The van der Waals surface area contributed by atoms with Crippen molar-refractivity contribution in [3.8, 4) is 0 Å². The molecular weight excluding hydrogens is 396 g/mol. The van der Waals surface area contributed by atoms with Crippen molar-refractivity contribution in [2.75, 3.05) is 12.3 Å². The van der Waals surface area contributed by atoms with Crippen molar-refractivity contribution in [1.29, 1.82) is 0 Å². The largest absolute Gasteiger partial charge is 0.480 e. The molecule has 0 aliphatic carbocycles. The Kier molecular flexibility index (Phi) is 10.6. The van der Waals surface area contributed by atoms with Gasteiger partial charge in [0.1, 0.15) is 12.1 Å². The van der Waals surface area contributed by atoms with Gasteiger partial charge in [-0.15, -0.1) is 0 Å². The van der Waals surface area contributed by atoms with Crippen LogP contribution in [0.4, 0.5) is 0 Å². The van der Waals surface area contributed by atoms with E-state index in [0.717, 1.165) is 5.56 Å². The van der Waals surface area contributed by atoms with Crippen molar-refractivity contribution < 1.29 is 19.5 Å². The first-order valence-corrected chi connectivity index (χ1v) is 9.67. The molecule has 2 amide bonds. The summed E-state index contributed by atoms with van der Waals surface area (Å²) < 4.78 is 0. The highest BCUT2D eigenvalue weighted by atomic mass is 32.1. The highest BCUT2D eigenvalue weighted by Gasteiger charge is 2.27. The fourth-order valence-electron chi connectivity index (χ4n) is 2.46. The number of carbonyl (C=O) groups excluding carboxylic acids is 2. The van der Waals surface area contributed by atoms with Crippen molar-refractivity contribution in [3.05, 3.63) is 35.9 Å².